The van der Waals surface area contributed by atoms with E-state index >= 15 is 0 Å². The maximum atomic E-state index is 13.8. The summed E-state index contributed by atoms with van der Waals surface area (Å²) in [5.41, 5.74) is 0.916. The summed E-state index contributed by atoms with van der Waals surface area (Å²) in [7, 11) is 0. The van der Waals surface area contributed by atoms with Gasteiger partial charge in [-0.15, -0.1) is 0 Å². The standard InChI is InChI=1S/C27H23BrF2N2O4/c1-27(2,3)36-23(33)11-16(8-15-9-17(29)12-18(30)10-15)24-22(28)13-19(14-31-24)32-25(34)20-6-4-5-7-21(20)26(32)35/h4-7,9-10,12-14,16H,8,11H2,1-3H3/t16-/m1/s1. The van der Waals surface area contributed by atoms with E-state index in [0.29, 0.717) is 26.9 Å². The Hall–Kier alpha value is -3.46. The van der Waals surface area contributed by atoms with Crippen molar-refractivity contribution in [2.75, 3.05) is 4.90 Å². The number of hydrogen-bond acceptors (Lipinski definition) is 5. The fourth-order valence-corrected chi connectivity index (χ4v) is 4.81. The number of pyridine rings is 1. The SMILES string of the molecule is CC(C)(C)OC(=O)C[C@@H](Cc1cc(F)cc(F)c1)c1ncc(N2C(=O)c3ccccc3C2=O)cc1Br. The van der Waals surface area contributed by atoms with Crippen molar-refractivity contribution in [3.05, 3.63) is 93.2 Å². The average Bonchev–Trinajstić information content (AvgIpc) is 3.01. The summed E-state index contributed by atoms with van der Waals surface area (Å²) in [6, 6.07) is 11.3. The van der Waals surface area contributed by atoms with Gasteiger partial charge < -0.3 is 4.74 Å². The summed E-state index contributed by atoms with van der Waals surface area (Å²) < 4.78 is 33.6. The molecular weight excluding hydrogens is 534 g/mol. The number of benzene rings is 2. The molecule has 3 aromatic rings. The quantitative estimate of drug-likeness (QED) is 0.275. The summed E-state index contributed by atoms with van der Waals surface area (Å²) in [4.78, 5) is 43.9. The molecule has 9 heteroatoms. The predicted octanol–water partition coefficient (Wildman–Crippen LogP) is 5.98. The van der Waals surface area contributed by atoms with E-state index in [2.05, 4.69) is 20.9 Å². The predicted molar refractivity (Wildman–Crippen MR) is 133 cm³/mol. The molecule has 0 saturated carbocycles. The van der Waals surface area contributed by atoms with Crippen molar-refractivity contribution in [2.45, 2.75) is 45.1 Å². The first kappa shape index (κ1) is 25.6. The Labute approximate surface area is 215 Å². The van der Waals surface area contributed by atoms with E-state index in [1.807, 2.05) is 0 Å². The molecule has 0 aliphatic carbocycles. The molecule has 2 heterocycles. The number of nitrogens with zero attached hydrogens (tertiary/aromatic N) is 2. The number of hydrogen-bond donors (Lipinski definition) is 0. The third kappa shape index (κ3) is 5.51. The Balaban J connectivity index is 1.67. The maximum absolute atomic E-state index is 13.8. The normalized spacial score (nSPS) is 14.1. The van der Waals surface area contributed by atoms with Crippen LogP contribution in [0.5, 0.6) is 0 Å². The van der Waals surface area contributed by atoms with E-state index in [0.717, 1.165) is 11.0 Å². The van der Waals surface area contributed by atoms with E-state index in [1.54, 1.807) is 51.1 Å². The van der Waals surface area contributed by atoms with Crippen molar-refractivity contribution in [3.63, 3.8) is 0 Å². The van der Waals surface area contributed by atoms with E-state index in [1.165, 1.54) is 18.3 Å². The number of aromatic nitrogens is 1. The van der Waals surface area contributed by atoms with Crippen LogP contribution >= 0.6 is 15.9 Å². The maximum Gasteiger partial charge on any atom is 0.306 e. The van der Waals surface area contributed by atoms with Crippen molar-refractivity contribution in [3.8, 4) is 0 Å². The summed E-state index contributed by atoms with van der Waals surface area (Å²) in [5.74, 6) is -3.48. The summed E-state index contributed by atoms with van der Waals surface area (Å²) in [6.45, 7) is 5.23. The molecule has 2 amide bonds. The van der Waals surface area contributed by atoms with Crippen LogP contribution in [0.15, 0.2) is 59.2 Å². The van der Waals surface area contributed by atoms with Crippen LogP contribution < -0.4 is 4.90 Å². The Bertz CT molecular complexity index is 1310. The Morgan fingerprint density at radius 2 is 1.61 bits per heavy atom. The fourth-order valence-electron chi connectivity index (χ4n) is 4.15. The van der Waals surface area contributed by atoms with E-state index < -0.39 is 40.9 Å². The first-order valence-corrected chi connectivity index (χ1v) is 12.0. The van der Waals surface area contributed by atoms with Crippen molar-refractivity contribution in [1.29, 1.82) is 0 Å². The number of imide groups is 1. The van der Waals surface area contributed by atoms with Gasteiger partial charge in [0, 0.05) is 16.5 Å². The molecule has 2 aromatic carbocycles. The van der Waals surface area contributed by atoms with Crippen molar-refractivity contribution < 1.29 is 27.9 Å². The lowest BCUT2D eigenvalue weighted by molar-refractivity contribution is -0.155. The van der Waals surface area contributed by atoms with Gasteiger partial charge in [0.1, 0.15) is 17.2 Å². The zero-order chi connectivity index (χ0) is 26.2. The van der Waals surface area contributed by atoms with Crippen LogP contribution in [0, 0.1) is 11.6 Å². The van der Waals surface area contributed by atoms with E-state index in [-0.39, 0.29) is 18.5 Å². The minimum Gasteiger partial charge on any atom is -0.460 e. The van der Waals surface area contributed by atoms with Crippen LogP contribution in [-0.4, -0.2) is 28.4 Å². The molecule has 0 unspecified atom stereocenters. The van der Waals surface area contributed by atoms with Gasteiger partial charge in [0.2, 0.25) is 0 Å². The van der Waals surface area contributed by atoms with E-state index in [9.17, 15) is 23.2 Å². The lowest BCUT2D eigenvalue weighted by Crippen LogP contribution is -2.29. The number of amides is 2. The van der Waals surface area contributed by atoms with Gasteiger partial charge in [-0.05, 0) is 79.0 Å². The molecule has 186 valence electrons. The Morgan fingerprint density at radius 1 is 1.03 bits per heavy atom. The highest BCUT2D eigenvalue weighted by Crippen LogP contribution is 2.35. The number of ether oxygens (including phenoxy) is 1. The molecule has 0 bridgehead atoms. The van der Waals surface area contributed by atoms with Gasteiger partial charge in [0.15, 0.2) is 0 Å². The number of esters is 1. The van der Waals surface area contributed by atoms with Gasteiger partial charge in [-0.2, -0.15) is 0 Å². The van der Waals surface area contributed by atoms with Gasteiger partial charge >= 0.3 is 5.97 Å². The zero-order valence-electron chi connectivity index (χ0n) is 19.8. The zero-order valence-corrected chi connectivity index (χ0v) is 21.4. The fraction of sp³-hybridized carbons (Fsp3) is 0.259. The van der Waals surface area contributed by atoms with Gasteiger partial charge in [-0.25, -0.2) is 13.7 Å². The molecule has 4 rings (SSSR count). The highest BCUT2D eigenvalue weighted by molar-refractivity contribution is 9.10. The summed E-state index contributed by atoms with van der Waals surface area (Å²) in [5, 5.41) is 0. The summed E-state index contributed by atoms with van der Waals surface area (Å²) >= 11 is 3.45. The number of halogens is 3. The van der Waals surface area contributed by atoms with E-state index in [4.69, 9.17) is 4.74 Å². The smallest absolute Gasteiger partial charge is 0.306 e. The Morgan fingerprint density at radius 3 is 2.14 bits per heavy atom. The first-order valence-electron chi connectivity index (χ1n) is 11.2. The molecule has 0 spiro atoms. The number of carbonyl (C=O) groups excluding carboxylic acids is 3. The van der Waals surface area contributed by atoms with Crippen molar-refractivity contribution in [2.24, 2.45) is 0 Å². The van der Waals surface area contributed by atoms with Crippen LogP contribution in [0.25, 0.3) is 0 Å². The van der Waals surface area contributed by atoms with Crippen LogP contribution in [0.1, 0.15) is 65.1 Å². The number of anilines is 1. The highest BCUT2D eigenvalue weighted by atomic mass is 79.9. The number of fused-ring (bicyclic) bond motifs is 1. The number of carbonyl (C=O) groups is 3. The highest BCUT2D eigenvalue weighted by Gasteiger charge is 2.37. The van der Waals surface area contributed by atoms with Gasteiger partial charge in [-0.1, -0.05) is 12.1 Å². The second-order valence-electron chi connectivity index (χ2n) is 9.52. The first-order chi connectivity index (χ1) is 16.9. The molecule has 0 saturated heterocycles. The topological polar surface area (TPSA) is 76.6 Å². The minimum absolute atomic E-state index is 0.103. The molecule has 1 aliphatic rings. The van der Waals surface area contributed by atoms with Gasteiger partial charge in [0.25, 0.3) is 11.8 Å². The average molecular weight is 557 g/mol. The lowest BCUT2D eigenvalue weighted by atomic mass is 9.92. The molecule has 0 radical (unpaired) electrons. The molecular formula is C27H23BrF2N2O4. The van der Waals surface area contributed by atoms with Crippen LogP contribution in [-0.2, 0) is 16.0 Å². The largest absolute Gasteiger partial charge is 0.460 e. The van der Waals surface area contributed by atoms with Crippen molar-refractivity contribution >= 4 is 39.4 Å². The second kappa shape index (κ2) is 9.89. The van der Waals surface area contributed by atoms with Crippen LogP contribution in [0.4, 0.5) is 14.5 Å². The molecule has 0 N–H and O–H groups in total. The molecule has 0 fully saturated rings. The monoisotopic (exact) mass is 556 g/mol. The molecule has 36 heavy (non-hydrogen) atoms. The van der Waals surface area contributed by atoms with Gasteiger partial charge in [0.05, 0.1) is 35.1 Å². The molecule has 1 aromatic heterocycles. The third-order valence-corrected chi connectivity index (χ3v) is 6.17. The molecule has 1 aliphatic heterocycles. The third-order valence-electron chi connectivity index (χ3n) is 5.53. The molecule has 1 atom stereocenters. The number of rotatable bonds is 6. The van der Waals surface area contributed by atoms with Crippen LogP contribution in [0.3, 0.4) is 0 Å². The summed E-state index contributed by atoms with van der Waals surface area (Å²) in [6.07, 6.45) is 1.37. The van der Waals surface area contributed by atoms with Gasteiger partial charge in [-0.3, -0.25) is 19.4 Å². The van der Waals surface area contributed by atoms with Crippen molar-refractivity contribution in [1.82, 2.24) is 4.98 Å². The lowest BCUT2D eigenvalue weighted by Gasteiger charge is -2.23. The Kier molecular flexibility index (Phi) is 7.04. The molecule has 6 nitrogen and oxygen atoms in total. The minimum atomic E-state index is -0.728. The van der Waals surface area contributed by atoms with Crippen LogP contribution in [0.2, 0.25) is 0 Å². The second-order valence-corrected chi connectivity index (χ2v) is 10.4.